The largest absolute Gasteiger partial charge is 0.459 e. The average molecular weight is 336 g/mol. The van der Waals surface area contributed by atoms with Crippen LogP contribution in [0.2, 0.25) is 0 Å². The zero-order valence-electron chi connectivity index (χ0n) is 12.2. The highest BCUT2D eigenvalue weighted by Crippen LogP contribution is 2.35. The summed E-state index contributed by atoms with van der Waals surface area (Å²) in [7, 11) is 0. The first kappa shape index (κ1) is 14.2. The molecule has 1 fully saturated rings. The zero-order valence-corrected chi connectivity index (χ0v) is 13.7. The van der Waals surface area contributed by atoms with Crippen LogP contribution in [0.15, 0.2) is 33.2 Å². The molecule has 0 amide bonds. The Labute approximate surface area is 129 Å². The number of rotatable bonds is 6. The van der Waals surface area contributed by atoms with Gasteiger partial charge in [0.2, 0.25) is 0 Å². The van der Waals surface area contributed by atoms with Crippen LogP contribution in [0.4, 0.5) is 0 Å². The molecule has 0 radical (unpaired) electrons. The quantitative estimate of drug-likeness (QED) is 0.761. The Morgan fingerprint density at radius 2 is 2.15 bits per heavy atom. The minimum absolute atomic E-state index is 0.268. The van der Waals surface area contributed by atoms with Crippen molar-refractivity contribution >= 4 is 26.9 Å². The molecule has 1 aliphatic carbocycles. The summed E-state index contributed by atoms with van der Waals surface area (Å²) in [5.74, 6) is 2.00. The van der Waals surface area contributed by atoms with Crippen molar-refractivity contribution in [2.24, 2.45) is 5.92 Å². The van der Waals surface area contributed by atoms with Gasteiger partial charge >= 0.3 is 0 Å². The van der Waals surface area contributed by atoms with E-state index in [0.29, 0.717) is 6.04 Å². The fourth-order valence-electron chi connectivity index (χ4n) is 2.79. The fourth-order valence-corrected chi connectivity index (χ4v) is 3.17. The van der Waals surface area contributed by atoms with Gasteiger partial charge in [0.1, 0.15) is 11.3 Å². The third-order valence-electron chi connectivity index (χ3n) is 4.22. The number of furan rings is 1. The van der Waals surface area contributed by atoms with E-state index in [-0.39, 0.29) is 6.04 Å². The SMILES string of the molecule is CCC(CC1CC1)NC(C)c1cc2cc(Br)ccc2o1. The van der Waals surface area contributed by atoms with Gasteiger partial charge in [-0.15, -0.1) is 0 Å². The Morgan fingerprint density at radius 3 is 2.85 bits per heavy atom. The third kappa shape index (κ3) is 3.26. The average Bonchev–Trinajstić information content (AvgIpc) is 3.14. The molecule has 0 bridgehead atoms. The lowest BCUT2D eigenvalue weighted by molar-refractivity contribution is 0.368. The predicted molar refractivity (Wildman–Crippen MR) is 86.9 cm³/mol. The van der Waals surface area contributed by atoms with Gasteiger partial charge in [-0.3, -0.25) is 0 Å². The first-order chi connectivity index (χ1) is 9.65. The summed E-state index contributed by atoms with van der Waals surface area (Å²) in [5.41, 5.74) is 0.965. The van der Waals surface area contributed by atoms with Gasteiger partial charge in [0.05, 0.1) is 6.04 Å². The Balaban J connectivity index is 1.71. The van der Waals surface area contributed by atoms with E-state index in [4.69, 9.17) is 4.42 Å². The first-order valence-electron chi connectivity index (χ1n) is 7.60. The van der Waals surface area contributed by atoms with Crippen LogP contribution in [0.25, 0.3) is 11.0 Å². The molecule has 1 saturated carbocycles. The molecule has 108 valence electrons. The normalized spacial score (nSPS) is 18.4. The van der Waals surface area contributed by atoms with Crippen molar-refractivity contribution in [1.82, 2.24) is 5.32 Å². The van der Waals surface area contributed by atoms with E-state index < -0.39 is 0 Å². The fraction of sp³-hybridized carbons (Fsp3) is 0.529. The molecular formula is C17H22BrNO. The molecule has 0 saturated heterocycles. The van der Waals surface area contributed by atoms with Gasteiger partial charge < -0.3 is 9.73 Å². The van der Waals surface area contributed by atoms with Gasteiger partial charge in [-0.1, -0.05) is 35.7 Å². The van der Waals surface area contributed by atoms with Crippen molar-refractivity contribution < 1.29 is 4.42 Å². The molecule has 20 heavy (non-hydrogen) atoms. The number of benzene rings is 1. The molecule has 2 nitrogen and oxygen atoms in total. The van der Waals surface area contributed by atoms with Crippen molar-refractivity contribution in [3.05, 3.63) is 34.5 Å². The van der Waals surface area contributed by atoms with Crippen LogP contribution >= 0.6 is 15.9 Å². The molecule has 2 atom stereocenters. The second-order valence-electron chi connectivity index (χ2n) is 6.00. The number of hydrogen-bond acceptors (Lipinski definition) is 2. The number of fused-ring (bicyclic) bond motifs is 1. The summed E-state index contributed by atoms with van der Waals surface area (Å²) < 4.78 is 7.06. The van der Waals surface area contributed by atoms with Gasteiger partial charge in [0, 0.05) is 15.9 Å². The maximum atomic E-state index is 5.97. The first-order valence-corrected chi connectivity index (χ1v) is 8.40. The highest BCUT2D eigenvalue weighted by Gasteiger charge is 2.26. The van der Waals surface area contributed by atoms with Crippen LogP contribution in [-0.2, 0) is 0 Å². The number of nitrogens with one attached hydrogen (secondary N) is 1. The van der Waals surface area contributed by atoms with Crippen LogP contribution in [0.5, 0.6) is 0 Å². The van der Waals surface area contributed by atoms with Gasteiger partial charge in [0.15, 0.2) is 0 Å². The monoisotopic (exact) mass is 335 g/mol. The standard InChI is InChI=1S/C17H22BrNO/c1-3-15(8-12-4-5-12)19-11(2)17-10-13-9-14(18)6-7-16(13)20-17/h6-7,9-12,15,19H,3-5,8H2,1-2H3. The predicted octanol–water partition coefficient (Wildman–Crippen LogP) is 5.42. The topological polar surface area (TPSA) is 25.2 Å². The minimum Gasteiger partial charge on any atom is -0.459 e. The molecule has 2 aromatic rings. The van der Waals surface area contributed by atoms with Crippen molar-refractivity contribution in [3.8, 4) is 0 Å². The van der Waals surface area contributed by atoms with Gasteiger partial charge in [-0.2, -0.15) is 0 Å². The molecule has 3 heteroatoms. The van der Waals surface area contributed by atoms with Crippen LogP contribution in [0, 0.1) is 5.92 Å². The molecular weight excluding hydrogens is 314 g/mol. The summed E-state index contributed by atoms with van der Waals surface area (Å²) in [5, 5.41) is 4.89. The molecule has 2 unspecified atom stereocenters. The van der Waals surface area contributed by atoms with E-state index in [1.54, 1.807) is 0 Å². The second-order valence-corrected chi connectivity index (χ2v) is 6.92. The Hall–Kier alpha value is -0.800. The van der Waals surface area contributed by atoms with Crippen LogP contribution in [0.3, 0.4) is 0 Å². The Kier molecular flexibility index (Phi) is 4.18. The lowest BCUT2D eigenvalue weighted by atomic mass is 10.1. The molecule has 1 N–H and O–H groups in total. The summed E-state index contributed by atoms with van der Waals surface area (Å²) >= 11 is 3.51. The van der Waals surface area contributed by atoms with Crippen LogP contribution in [-0.4, -0.2) is 6.04 Å². The molecule has 3 rings (SSSR count). The van der Waals surface area contributed by atoms with E-state index in [2.05, 4.69) is 47.2 Å². The van der Waals surface area contributed by atoms with Crippen molar-refractivity contribution in [2.75, 3.05) is 0 Å². The summed E-state index contributed by atoms with van der Waals surface area (Å²) in [4.78, 5) is 0. The maximum Gasteiger partial charge on any atom is 0.134 e. The van der Waals surface area contributed by atoms with E-state index in [0.717, 1.165) is 21.7 Å². The van der Waals surface area contributed by atoms with E-state index in [1.807, 2.05) is 12.1 Å². The van der Waals surface area contributed by atoms with Crippen LogP contribution in [0.1, 0.15) is 51.3 Å². The molecule has 0 aliphatic heterocycles. The highest BCUT2D eigenvalue weighted by molar-refractivity contribution is 9.10. The van der Waals surface area contributed by atoms with E-state index in [1.165, 1.54) is 31.1 Å². The lowest BCUT2D eigenvalue weighted by Crippen LogP contribution is -2.31. The summed E-state index contributed by atoms with van der Waals surface area (Å²) in [6.07, 6.45) is 5.34. The molecule has 1 aromatic heterocycles. The van der Waals surface area contributed by atoms with Crippen molar-refractivity contribution in [1.29, 1.82) is 0 Å². The van der Waals surface area contributed by atoms with Crippen molar-refractivity contribution in [2.45, 2.75) is 51.6 Å². The van der Waals surface area contributed by atoms with E-state index in [9.17, 15) is 0 Å². The second kappa shape index (κ2) is 5.90. The van der Waals surface area contributed by atoms with Gasteiger partial charge in [-0.25, -0.2) is 0 Å². The van der Waals surface area contributed by atoms with Gasteiger partial charge in [-0.05, 0) is 49.9 Å². The summed E-state index contributed by atoms with van der Waals surface area (Å²) in [6, 6.07) is 9.19. The van der Waals surface area contributed by atoms with Crippen LogP contribution < -0.4 is 5.32 Å². The molecule has 1 aliphatic rings. The highest BCUT2D eigenvalue weighted by atomic mass is 79.9. The molecule has 1 aromatic carbocycles. The van der Waals surface area contributed by atoms with E-state index >= 15 is 0 Å². The lowest BCUT2D eigenvalue weighted by Gasteiger charge is -2.20. The smallest absolute Gasteiger partial charge is 0.134 e. The van der Waals surface area contributed by atoms with Crippen molar-refractivity contribution in [3.63, 3.8) is 0 Å². The number of halogens is 1. The third-order valence-corrected chi connectivity index (χ3v) is 4.71. The Morgan fingerprint density at radius 1 is 1.35 bits per heavy atom. The zero-order chi connectivity index (χ0) is 14.1. The maximum absolute atomic E-state index is 5.97. The Bertz CT molecular complexity index is 588. The summed E-state index contributed by atoms with van der Waals surface area (Å²) in [6.45, 7) is 4.46. The number of hydrogen-bond donors (Lipinski definition) is 1. The van der Waals surface area contributed by atoms with Gasteiger partial charge in [0.25, 0.3) is 0 Å². The molecule has 0 spiro atoms. The molecule has 1 heterocycles. The minimum atomic E-state index is 0.268.